The van der Waals surface area contributed by atoms with Gasteiger partial charge in [0.15, 0.2) is 0 Å². The van der Waals surface area contributed by atoms with Crippen molar-refractivity contribution in [3.63, 3.8) is 0 Å². The molecule has 0 fully saturated rings. The Labute approximate surface area is 118 Å². The molecule has 0 unspecified atom stereocenters. The third kappa shape index (κ3) is 3.24. The van der Waals surface area contributed by atoms with Gasteiger partial charge in [0.25, 0.3) is 0 Å². The highest BCUT2D eigenvalue weighted by Crippen LogP contribution is 2.23. The Morgan fingerprint density at radius 1 is 1.20 bits per heavy atom. The molecular weight excluding hydrogens is 284 g/mol. The topological polar surface area (TPSA) is 103 Å². The van der Waals surface area contributed by atoms with Crippen molar-refractivity contribution in [2.45, 2.75) is 0 Å². The van der Waals surface area contributed by atoms with Crippen molar-refractivity contribution < 1.29 is 19.4 Å². The van der Waals surface area contributed by atoms with E-state index in [4.69, 9.17) is 27.2 Å². The van der Waals surface area contributed by atoms with Crippen LogP contribution >= 0.6 is 11.6 Å². The van der Waals surface area contributed by atoms with Crippen molar-refractivity contribution >= 4 is 23.5 Å². The van der Waals surface area contributed by atoms with Gasteiger partial charge in [-0.2, -0.15) is 0 Å². The molecule has 0 radical (unpaired) electrons. The normalized spacial score (nSPS) is 10.1. The van der Waals surface area contributed by atoms with Crippen LogP contribution in [0.5, 0.6) is 11.6 Å². The highest BCUT2D eigenvalue weighted by Gasteiger charge is 2.10. The van der Waals surface area contributed by atoms with Gasteiger partial charge in [-0.15, -0.1) is 0 Å². The summed E-state index contributed by atoms with van der Waals surface area (Å²) in [4.78, 5) is 25.8. The molecule has 0 aliphatic carbocycles. The Balaban J connectivity index is 2.32. The number of nitrogens with two attached hydrogens (primary N) is 1. The summed E-state index contributed by atoms with van der Waals surface area (Å²) in [5.41, 5.74) is 5.37. The molecule has 0 spiro atoms. The number of amides is 1. The second kappa shape index (κ2) is 5.58. The first-order chi connectivity index (χ1) is 9.45. The molecule has 1 aromatic heterocycles. The minimum Gasteiger partial charge on any atom is -0.478 e. The minimum atomic E-state index is -1.15. The number of halogens is 1. The number of pyridine rings is 1. The number of carboxylic acids is 1. The van der Waals surface area contributed by atoms with E-state index in [9.17, 15) is 9.59 Å². The molecule has 6 nitrogen and oxygen atoms in total. The number of aromatic carboxylic acids is 1. The van der Waals surface area contributed by atoms with E-state index in [2.05, 4.69) is 4.98 Å². The van der Waals surface area contributed by atoms with E-state index >= 15 is 0 Å². The number of hydrogen-bond acceptors (Lipinski definition) is 4. The summed E-state index contributed by atoms with van der Waals surface area (Å²) in [5, 5.41) is 8.91. The van der Waals surface area contributed by atoms with Crippen molar-refractivity contribution in [1.82, 2.24) is 4.98 Å². The van der Waals surface area contributed by atoms with Crippen LogP contribution in [0.15, 0.2) is 36.4 Å². The summed E-state index contributed by atoms with van der Waals surface area (Å²) in [6, 6.07) is 8.55. The third-order valence-corrected chi connectivity index (χ3v) is 2.55. The van der Waals surface area contributed by atoms with Gasteiger partial charge in [-0.25, -0.2) is 9.78 Å². The first-order valence-electron chi connectivity index (χ1n) is 5.44. The zero-order chi connectivity index (χ0) is 14.7. The number of aromatic nitrogens is 1. The average Bonchev–Trinajstić information content (AvgIpc) is 2.38. The fraction of sp³-hybridized carbons (Fsp3) is 0. The number of benzene rings is 1. The van der Waals surface area contributed by atoms with E-state index < -0.39 is 11.9 Å². The highest BCUT2D eigenvalue weighted by atomic mass is 35.5. The summed E-state index contributed by atoms with van der Waals surface area (Å²) in [7, 11) is 0. The Bertz CT molecular complexity index is 688. The lowest BCUT2D eigenvalue weighted by molar-refractivity contribution is 0.0696. The summed E-state index contributed by atoms with van der Waals surface area (Å²) in [6.07, 6.45) is 0. The van der Waals surface area contributed by atoms with Gasteiger partial charge in [0.05, 0.1) is 5.56 Å². The molecule has 0 atom stereocenters. The van der Waals surface area contributed by atoms with Crippen LogP contribution in [0.25, 0.3) is 0 Å². The number of carbonyl (C=O) groups excluding carboxylic acids is 1. The predicted molar refractivity (Wildman–Crippen MR) is 71.2 cm³/mol. The molecule has 3 N–H and O–H groups in total. The molecule has 2 aromatic rings. The first kappa shape index (κ1) is 13.8. The molecule has 0 bridgehead atoms. The number of rotatable bonds is 4. The van der Waals surface area contributed by atoms with Crippen LogP contribution in [0.3, 0.4) is 0 Å². The summed E-state index contributed by atoms with van der Waals surface area (Å²) in [5.74, 6) is -1.44. The Morgan fingerprint density at radius 3 is 2.60 bits per heavy atom. The van der Waals surface area contributed by atoms with Crippen molar-refractivity contribution in [2.24, 2.45) is 5.73 Å². The van der Waals surface area contributed by atoms with Gasteiger partial charge in [0.1, 0.15) is 10.9 Å². The van der Waals surface area contributed by atoms with Gasteiger partial charge in [0, 0.05) is 11.6 Å². The lowest BCUT2D eigenvalue weighted by atomic mass is 10.2. The SMILES string of the molecule is NC(=O)c1cccc(Oc2cc(C(=O)O)cc(Cl)n2)c1. The fourth-order valence-electron chi connectivity index (χ4n) is 1.48. The quantitative estimate of drug-likeness (QED) is 0.842. The maximum absolute atomic E-state index is 11.1. The molecule has 1 amide bonds. The van der Waals surface area contributed by atoms with Crippen LogP contribution in [0, 0.1) is 0 Å². The predicted octanol–water partition coefficient (Wildman–Crippen LogP) is 2.32. The molecule has 0 saturated heterocycles. The maximum atomic E-state index is 11.1. The standard InChI is InChI=1S/C13H9ClN2O4/c14-10-5-8(13(18)19)6-11(16-10)20-9-3-1-2-7(4-9)12(15)17/h1-6H,(H2,15,17)(H,18,19). The molecule has 7 heteroatoms. The van der Waals surface area contributed by atoms with E-state index in [0.29, 0.717) is 5.75 Å². The minimum absolute atomic E-state index is 0.00837. The number of primary amides is 1. The van der Waals surface area contributed by atoms with Crippen molar-refractivity contribution in [3.05, 3.63) is 52.7 Å². The van der Waals surface area contributed by atoms with Gasteiger partial charge in [0.2, 0.25) is 11.8 Å². The van der Waals surface area contributed by atoms with E-state index in [1.165, 1.54) is 24.3 Å². The molecule has 2 rings (SSSR count). The van der Waals surface area contributed by atoms with E-state index in [1.54, 1.807) is 12.1 Å². The van der Waals surface area contributed by atoms with Crippen LogP contribution in [0.1, 0.15) is 20.7 Å². The molecule has 0 saturated carbocycles. The zero-order valence-electron chi connectivity index (χ0n) is 10.0. The van der Waals surface area contributed by atoms with Gasteiger partial charge >= 0.3 is 5.97 Å². The van der Waals surface area contributed by atoms with Gasteiger partial charge in [-0.1, -0.05) is 17.7 Å². The molecule has 20 heavy (non-hydrogen) atoms. The Kier molecular flexibility index (Phi) is 3.86. The van der Waals surface area contributed by atoms with Crippen LogP contribution in [-0.2, 0) is 0 Å². The van der Waals surface area contributed by atoms with Crippen LogP contribution in [0.4, 0.5) is 0 Å². The van der Waals surface area contributed by atoms with Gasteiger partial charge in [-0.3, -0.25) is 4.79 Å². The molecule has 102 valence electrons. The van der Waals surface area contributed by atoms with Gasteiger partial charge in [-0.05, 0) is 24.3 Å². The monoisotopic (exact) mass is 292 g/mol. The van der Waals surface area contributed by atoms with E-state index in [0.717, 1.165) is 0 Å². The molecule has 1 aromatic carbocycles. The largest absolute Gasteiger partial charge is 0.478 e. The summed E-state index contributed by atoms with van der Waals surface area (Å²) < 4.78 is 5.37. The second-order valence-corrected chi connectivity index (χ2v) is 4.20. The number of hydrogen-bond donors (Lipinski definition) is 2. The lowest BCUT2D eigenvalue weighted by Gasteiger charge is -2.07. The molecule has 1 heterocycles. The zero-order valence-corrected chi connectivity index (χ0v) is 10.8. The smallest absolute Gasteiger partial charge is 0.335 e. The molecule has 0 aliphatic rings. The van der Waals surface area contributed by atoms with Crippen molar-refractivity contribution in [3.8, 4) is 11.6 Å². The number of carbonyl (C=O) groups is 2. The first-order valence-corrected chi connectivity index (χ1v) is 5.82. The second-order valence-electron chi connectivity index (χ2n) is 3.82. The summed E-state index contributed by atoms with van der Waals surface area (Å²) in [6.45, 7) is 0. The maximum Gasteiger partial charge on any atom is 0.335 e. The number of ether oxygens (including phenoxy) is 1. The van der Waals surface area contributed by atoms with Crippen LogP contribution in [-0.4, -0.2) is 22.0 Å². The van der Waals surface area contributed by atoms with Crippen molar-refractivity contribution in [1.29, 1.82) is 0 Å². The van der Waals surface area contributed by atoms with Crippen molar-refractivity contribution in [2.75, 3.05) is 0 Å². The summed E-state index contributed by atoms with van der Waals surface area (Å²) >= 11 is 5.71. The number of carboxylic acid groups (broad SMARTS) is 1. The fourth-order valence-corrected chi connectivity index (χ4v) is 1.68. The van der Waals surface area contributed by atoms with E-state index in [-0.39, 0.29) is 22.2 Å². The Hall–Kier alpha value is -2.60. The average molecular weight is 293 g/mol. The molecule has 0 aliphatic heterocycles. The van der Waals surface area contributed by atoms with Crippen LogP contribution in [0.2, 0.25) is 5.15 Å². The van der Waals surface area contributed by atoms with Crippen LogP contribution < -0.4 is 10.5 Å². The van der Waals surface area contributed by atoms with Gasteiger partial charge < -0.3 is 15.6 Å². The number of nitrogens with zero attached hydrogens (tertiary/aromatic N) is 1. The highest BCUT2D eigenvalue weighted by molar-refractivity contribution is 6.29. The Morgan fingerprint density at radius 2 is 1.95 bits per heavy atom. The lowest BCUT2D eigenvalue weighted by Crippen LogP contribution is -2.10. The van der Waals surface area contributed by atoms with E-state index in [1.807, 2.05) is 0 Å². The third-order valence-electron chi connectivity index (χ3n) is 2.36. The molecular formula is C13H9ClN2O4.